The molecule has 2 heterocycles. The summed E-state index contributed by atoms with van der Waals surface area (Å²) >= 11 is 7.99. The van der Waals surface area contributed by atoms with E-state index in [1.54, 1.807) is 121 Å². The maximum absolute atomic E-state index is 15.3. The van der Waals surface area contributed by atoms with Crippen LogP contribution in [0.4, 0.5) is 0 Å². The highest BCUT2D eigenvalue weighted by atomic mass is 32.1. The number of benzene rings is 4. The number of aliphatic hydroxyl groups excluding tert-OH is 3. The second-order valence-corrected chi connectivity index (χ2v) is 26.4. The van der Waals surface area contributed by atoms with Crippen molar-refractivity contribution in [1.82, 2.24) is 73.4 Å². The van der Waals surface area contributed by atoms with Gasteiger partial charge < -0.3 is 106 Å². The van der Waals surface area contributed by atoms with Crippen molar-refractivity contribution in [2.24, 2.45) is 17.2 Å². The third-order valence-corrected chi connectivity index (χ3v) is 18.0. The van der Waals surface area contributed by atoms with Gasteiger partial charge >= 0.3 is 5.97 Å². The Labute approximate surface area is 632 Å². The second kappa shape index (κ2) is 43.8. The highest BCUT2D eigenvalue weighted by Crippen LogP contribution is 2.21. The molecule has 0 unspecified atom stereocenters. The number of para-hydroxylation sites is 1. The molecule has 23 N–H and O–H groups in total. The fourth-order valence-corrected chi connectivity index (χ4v) is 11.7. The number of hydrogen-bond acceptors (Lipinski definition) is 21. The predicted molar refractivity (Wildman–Crippen MR) is 401 cm³/mol. The molecule has 14 atom stereocenters. The van der Waals surface area contributed by atoms with Crippen molar-refractivity contribution in [3.8, 4) is 0 Å². The smallest absolute Gasteiger partial charge is 0.327 e. The van der Waals surface area contributed by atoms with Crippen LogP contribution in [0.5, 0.6) is 0 Å². The van der Waals surface area contributed by atoms with E-state index in [9.17, 15) is 68.4 Å². The van der Waals surface area contributed by atoms with Crippen molar-refractivity contribution in [3.05, 3.63) is 162 Å². The maximum Gasteiger partial charge on any atom is 0.327 e. The fraction of sp³-hybridized carbons (Fsp3) is 0.417. The van der Waals surface area contributed by atoms with Gasteiger partial charge in [0.1, 0.15) is 66.5 Å². The molecule has 0 aliphatic rings. The van der Waals surface area contributed by atoms with E-state index in [0.29, 0.717) is 45.3 Å². The molecule has 6 rings (SSSR count). The van der Waals surface area contributed by atoms with Crippen molar-refractivity contribution in [1.29, 1.82) is 0 Å². The third-order valence-electron chi connectivity index (χ3n) is 17.2. The zero-order valence-electron chi connectivity index (χ0n) is 59.4. The average molecular weight is 1530 g/mol. The number of rotatable bonds is 45. The highest BCUT2D eigenvalue weighted by Gasteiger charge is 2.39. The van der Waals surface area contributed by atoms with Crippen molar-refractivity contribution in [2.75, 3.05) is 24.7 Å². The lowest BCUT2D eigenvalue weighted by Crippen LogP contribution is -2.63. The number of imidazole rings is 1. The highest BCUT2D eigenvalue weighted by molar-refractivity contribution is 7.80. The number of primary amides is 1. The van der Waals surface area contributed by atoms with Crippen LogP contribution < -0.4 is 75.7 Å². The van der Waals surface area contributed by atoms with E-state index < -0.39 is 175 Å². The minimum atomic E-state index is -1.89. The lowest BCUT2D eigenvalue weighted by Gasteiger charge is -2.29. The first-order chi connectivity index (χ1) is 51.6. The summed E-state index contributed by atoms with van der Waals surface area (Å²) in [7, 11) is 0. The molecule has 2 aromatic heterocycles. The van der Waals surface area contributed by atoms with Crippen LogP contribution in [0.2, 0.25) is 0 Å². The number of nitrogens with two attached hydrogens (primary N) is 3. The molecule has 0 saturated heterocycles. The Kier molecular flexibility index (Phi) is 34.9. The molecule has 4 aromatic carbocycles. The minimum absolute atomic E-state index is 0.0847. The van der Waals surface area contributed by atoms with E-state index in [0.717, 1.165) is 13.8 Å². The first kappa shape index (κ1) is 86.2. The number of H-pyrrole nitrogens is 2. The number of nitrogens with zero attached hydrogens (tertiary/aromatic N) is 1. The molecule has 108 heavy (non-hydrogen) atoms. The molecule has 0 aliphatic heterocycles. The lowest BCUT2D eigenvalue weighted by molar-refractivity contribution is -0.142. The topological polar surface area (TPSA) is 558 Å². The predicted octanol–water partition coefficient (Wildman–Crippen LogP) is -3.84. The van der Waals surface area contributed by atoms with Crippen LogP contribution in [0.3, 0.4) is 0 Å². The maximum atomic E-state index is 15.3. The van der Waals surface area contributed by atoms with Gasteiger partial charge in [-0.25, -0.2) is 9.78 Å². The SMILES string of the molecule is C[C@@H](O)[C@H](NC(=O)[C@H](Cc1ccccc1)NC(=O)[C@@H](NC(=O)[C@H](CCCCN)NC(=O)[C@@H](Cc1c[nH]c2ccccc12)NC(=O)[C@H](Cc1ccccc1)NC(=O)[C@H](Cc1ccccc1)NC(=O)[C@H](CCC(N)=O)NC(=O)[C@H](Cc1c[nH]cn1)NC(=O)[C@@H](N)CS)[C@@H](C)O)C(=O)N[C@@H](CO)C(=O)N[C@@H](CS)C(=O)O. The zero-order chi connectivity index (χ0) is 79.0. The van der Waals surface area contributed by atoms with Gasteiger partial charge in [0.05, 0.1) is 36.9 Å². The summed E-state index contributed by atoms with van der Waals surface area (Å²) in [5.74, 6) is -13.9. The molecule has 0 spiro atoms. The van der Waals surface area contributed by atoms with E-state index in [4.69, 9.17) is 17.2 Å². The Morgan fingerprint density at radius 3 is 1.28 bits per heavy atom. The van der Waals surface area contributed by atoms with Crippen molar-refractivity contribution < 1.29 is 82.8 Å². The number of hydrogen-bond donors (Lipinski definition) is 22. The first-order valence-corrected chi connectivity index (χ1v) is 36.0. The van der Waals surface area contributed by atoms with E-state index in [2.05, 4.69) is 98.7 Å². The van der Waals surface area contributed by atoms with Crippen LogP contribution in [-0.4, -0.2) is 222 Å². The van der Waals surface area contributed by atoms with Crippen LogP contribution in [0, 0.1) is 0 Å². The largest absolute Gasteiger partial charge is 0.480 e. The number of fused-ring (bicyclic) bond motifs is 1. The monoisotopic (exact) mass is 1530 g/mol. The molecule has 0 bridgehead atoms. The number of thiol groups is 2. The number of amides is 12. The Morgan fingerprint density at radius 2 is 0.843 bits per heavy atom. The van der Waals surface area contributed by atoms with Gasteiger partial charge in [0, 0.05) is 73.3 Å². The number of unbranched alkanes of at least 4 members (excludes halogenated alkanes) is 1. The Hall–Kier alpha value is -10.8. The van der Waals surface area contributed by atoms with E-state index >= 15 is 14.4 Å². The number of carbonyl (C=O) groups is 13. The Bertz CT molecular complexity index is 3990. The number of aromatic amines is 2. The van der Waals surface area contributed by atoms with Gasteiger partial charge in [-0.2, -0.15) is 25.3 Å². The van der Waals surface area contributed by atoms with Crippen LogP contribution in [0.25, 0.3) is 10.9 Å². The number of carboxylic acid groups (broad SMARTS) is 1. The van der Waals surface area contributed by atoms with Crippen LogP contribution in [-0.2, 0) is 94.4 Å². The van der Waals surface area contributed by atoms with E-state index in [1.807, 2.05) is 0 Å². The Balaban J connectivity index is 1.30. The van der Waals surface area contributed by atoms with Gasteiger partial charge in [-0.05, 0) is 74.4 Å². The zero-order valence-corrected chi connectivity index (χ0v) is 61.1. The van der Waals surface area contributed by atoms with Gasteiger partial charge in [-0.3, -0.25) is 57.5 Å². The normalized spacial score (nSPS) is 15.1. The standard InChI is InChI=1S/C72H95N17O17S2/c1-39(91)59(70(103)85-53(30-43-20-10-5-11-21-43)68(101)89-60(40(2)92)71(104)86-56(35-90)69(102)87-57(37-108)72(105)106)88-63(96)49(24-14-15-27-73)79-66(99)54(31-44-33-77-48-23-13-12-22-46(44)48)84-65(98)52(29-42-18-8-4-9-19-42)83-64(97)51(28-41-16-6-3-7-17-41)82-62(95)50(25-26-58(75)93)80-67(100)55(32-45-34-76-38-78-45)81-61(94)47(74)36-107/h3-13,16-23,33-34,38-40,47,49-57,59-60,77,90-92,107-108H,14-15,24-32,35-37,73-74H2,1-2H3,(H2,75,93)(H,76,78)(H,79,99)(H,80,100)(H,81,94)(H,82,95)(H,83,97)(H,84,98)(H,85,103)(H,86,104)(H,87,102)(H,88,96)(H,89,101)(H,105,106)/t39-,40-,47+,49+,50+,51+,52+,53+,54-,55+,56+,57+,59+,60+/m1/s1. The number of aliphatic carboxylic acids is 1. The summed E-state index contributed by atoms with van der Waals surface area (Å²) in [5.41, 5.74) is 20.4. The molecule has 0 fully saturated rings. The number of aliphatic hydroxyl groups is 3. The number of nitrogens with one attached hydrogen (secondary N) is 13. The first-order valence-electron chi connectivity index (χ1n) is 34.8. The number of carbonyl (C=O) groups excluding carboxylic acids is 12. The average Bonchev–Trinajstić information content (AvgIpc) is 1.66. The van der Waals surface area contributed by atoms with Crippen molar-refractivity contribution in [2.45, 2.75) is 163 Å². The molecule has 582 valence electrons. The summed E-state index contributed by atoms with van der Waals surface area (Å²) in [6.45, 7) is 1.36. The summed E-state index contributed by atoms with van der Waals surface area (Å²) in [6, 6.07) is 13.0. The summed E-state index contributed by atoms with van der Waals surface area (Å²) < 4.78 is 0. The van der Waals surface area contributed by atoms with Gasteiger partial charge in [0.2, 0.25) is 70.9 Å². The van der Waals surface area contributed by atoms with Gasteiger partial charge in [-0.1, -0.05) is 109 Å². The molecule has 0 radical (unpaired) electrons. The molecule has 0 aliphatic carbocycles. The molecule has 6 aromatic rings. The van der Waals surface area contributed by atoms with Crippen LogP contribution in [0.1, 0.15) is 73.9 Å². The van der Waals surface area contributed by atoms with Gasteiger partial charge in [-0.15, -0.1) is 0 Å². The molecular weight excluding hydrogens is 1440 g/mol. The van der Waals surface area contributed by atoms with Crippen molar-refractivity contribution >= 4 is 113 Å². The summed E-state index contributed by atoms with van der Waals surface area (Å²) in [4.78, 5) is 192. The third kappa shape index (κ3) is 27.2. The van der Waals surface area contributed by atoms with E-state index in [-0.39, 0.29) is 69.4 Å². The second-order valence-electron chi connectivity index (χ2n) is 25.7. The molecule has 0 saturated carbocycles. The summed E-state index contributed by atoms with van der Waals surface area (Å²) in [6.07, 6.45) is -0.613. The summed E-state index contributed by atoms with van der Waals surface area (Å²) in [5, 5.41) is 69.9. The van der Waals surface area contributed by atoms with Crippen LogP contribution >= 0.6 is 25.3 Å². The lowest BCUT2D eigenvalue weighted by atomic mass is 10.00. The molecular formula is C72H95N17O17S2. The van der Waals surface area contributed by atoms with Gasteiger partial charge in [0.25, 0.3) is 0 Å². The molecule has 34 nitrogen and oxygen atoms in total. The van der Waals surface area contributed by atoms with Crippen molar-refractivity contribution in [3.63, 3.8) is 0 Å². The van der Waals surface area contributed by atoms with Gasteiger partial charge in [0.15, 0.2) is 0 Å². The van der Waals surface area contributed by atoms with E-state index in [1.165, 1.54) is 12.5 Å². The molecule has 12 amide bonds. The van der Waals surface area contributed by atoms with Crippen LogP contribution in [0.15, 0.2) is 134 Å². The minimum Gasteiger partial charge on any atom is -0.480 e. The molecule has 36 heteroatoms. The number of aromatic nitrogens is 3. The Morgan fingerprint density at radius 1 is 0.454 bits per heavy atom. The quantitative estimate of drug-likeness (QED) is 0.0129. The fourth-order valence-electron chi connectivity index (χ4n) is 11.3. The number of carboxylic acids is 1.